The monoisotopic (exact) mass is 463 g/mol. The molecule has 0 spiro atoms. The Labute approximate surface area is 180 Å². The largest absolute Gasteiger partial charge is 0.444 e. The summed E-state index contributed by atoms with van der Waals surface area (Å²) in [5, 5.41) is 11.1. The van der Waals surface area contributed by atoms with Crippen molar-refractivity contribution in [2.24, 2.45) is 5.92 Å². The molecule has 2 fully saturated rings. The van der Waals surface area contributed by atoms with Crippen LogP contribution in [0.1, 0.15) is 71.4 Å². The highest BCUT2D eigenvalue weighted by atomic mass is 79.9. The Bertz CT molecular complexity index is 902. The first-order valence-corrected chi connectivity index (χ1v) is 11.3. The molecule has 2 aromatic rings. The maximum absolute atomic E-state index is 12.1. The van der Waals surface area contributed by atoms with E-state index >= 15 is 0 Å². The molecule has 2 aromatic heterocycles. The average Bonchev–Trinajstić information content (AvgIpc) is 3.29. The average molecular weight is 464 g/mol. The summed E-state index contributed by atoms with van der Waals surface area (Å²) in [5.74, 6) is 2.16. The van der Waals surface area contributed by atoms with E-state index in [2.05, 4.69) is 44.7 Å². The van der Waals surface area contributed by atoms with Gasteiger partial charge in [-0.1, -0.05) is 6.92 Å². The van der Waals surface area contributed by atoms with Crippen molar-refractivity contribution in [2.45, 2.75) is 83.4 Å². The van der Waals surface area contributed by atoms with Gasteiger partial charge in [-0.2, -0.15) is 9.61 Å². The summed E-state index contributed by atoms with van der Waals surface area (Å²) < 4.78 is 8.15. The van der Waals surface area contributed by atoms with E-state index in [0.29, 0.717) is 5.92 Å². The second kappa shape index (κ2) is 7.78. The first-order valence-electron chi connectivity index (χ1n) is 10.5. The number of hydrogen-bond donors (Lipinski definition) is 2. The Kier molecular flexibility index (Phi) is 5.48. The molecule has 1 amide bonds. The third kappa shape index (κ3) is 4.85. The van der Waals surface area contributed by atoms with Crippen LogP contribution in [-0.2, 0) is 4.74 Å². The van der Waals surface area contributed by atoms with Gasteiger partial charge in [0.15, 0.2) is 5.65 Å². The van der Waals surface area contributed by atoms with Crippen molar-refractivity contribution >= 4 is 33.5 Å². The lowest BCUT2D eigenvalue weighted by molar-refractivity contribution is 0.0505. The molecule has 158 valence electrons. The molecule has 1 unspecified atom stereocenters. The zero-order valence-electron chi connectivity index (χ0n) is 17.5. The predicted molar refractivity (Wildman–Crippen MR) is 116 cm³/mol. The molecule has 0 aliphatic heterocycles. The zero-order valence-corrected chi connectivity index (χ0v) is 19.1. The molecule has 8 heteroatoms. The lowest BCUT2D eigenvalue weighted by atomic mass is 10.0. The van der Waals surface area contributed by atoms with Gasteiger partial charge in [0.1, 0.15) is 11.4 Å². The molecule has 0 saturated heterocycles. The van der Waals surface area contributed by atoms with Crippen molar-refractivity contribution in [3.8, 4) is 0 Å². The second-order valence-electron chi connectivity index (χ2n) is 9.42. The van der Waals surface area contributed by atoms with E-state index in [1.807, 2.05) is 25.3 Å². The van der Waals surface area contributed by atoms with Crippen LogP contribution in [0.15, 0.2) is 16.7 Å². The number of hydrogen-bond acceptors (Lipinski definition) is 5. The van der Waals surface area contributed by atoms with E-state index in [0.717, 1.165) is 46.8 Å². The Hall–Kier alpha value is -1.83. The summed E-state index contributed by atoms with van der Waals surface area (Å²) >= 11 is 3.58. The number of nitrogens with one attached hydrogen (secondary N) is 2. The lowest BCUT2D eigenvalue weighted by Gasteiger charge is -2.22. The van der Waals surface area contributed by atoms with Crippen molar-refractivity contribution < 1.29 is 9.53 Å². The fraction of sp³-hybridized carbons (Fsp3) is 0.667. The molecule has 0 bridgehead atoms. The number of halogens is 1. The summed E-state index contributed by atoms with van der Waals surface area (Å²) in [6.07, 6.45) is 6.81. The molecule has 2 aliphatic carbocycles. The highest BCUT2D eigenvalue weighted by molar-refractivity contribution is 9.10. The molecule has 2 heterocycles. The smallest absolute Gasteiger partial charge is 0.407 e. The number of rotatable bonds is 5. The lowest BCUT2D eigenvalue weighted by Crippen LogP contribution is -2.38. The topological polar surface area (TPSA) is 80.5 Å². The predicted octanol–water partition coefficient (Wildman–Crippen LogP) is 4.86. The highest BCUT2D eigenvalue weighted by Crippen LogP contribution is 2.42. The van der Waals surface area contributed by atoms with E-state index in [4.69, 9.17) is 9.72 Å². The summed E-state index contributed by atoms with van der Waals surface area (Å²) in [7, 11) is 0. The van der Waals surface area contributed by atoms with E-state index in [-0.39, 0.29) is 18.2 Å². The highest BCUT2D eigenvalue weighted by Gasteiger charge is 2.32. The van der Waals surface area contributed by atoms with Crippen molar-refractivity contribution in [1.82, 2.24) is 19.9 Å². The van der Waals surface area contributed by atoms with Crippen LogP contribution in [0.5, 0.6) is 0 Å². The summed E-state index contributed by atoms with van der Waals surface area (Å²) in [6, 6.07) is 2.53. The number of carbonyl (C=O) groups excluding carboxylic acids is 1. The second-order valence-corrected chi connectivity index (χ2v) is 10.3. The molecule has 7 nitrogen and oxygen atoms in total. The van der Waals surface area contributed by atoms with Gasteiger partial charge < -0.3 is 15.4 Å². The molecule has 0 radical (unpaired) electrons. The van der Waals surface area contributed by atoms with Gasteiger partial charge >= 0.3 is 6.09 Å². The number of fused-ring (bicyclic) bond motifs is 1. The normalized spacial score (nSPS) is 23.2. The van der Waals surface area contributed by atoms with Gasteiger partial charge in [0, 0.05) is 29.8 Å². The van der Waals surface area contributed by atoms with Gasteiger partial charge in [-0.3, -0.25) is 0 Å². The third-order valence-corrected chi connectivity index (χ3v) is 6.31. The molecule has 2 saturated carbocycles. The Balaban J connectivity index is 1.46. The van der Waals surface area contributed by atoms with Gasteiger partial charge in [0.25, 0.3) is 0 Å². The van der Waals surface area contributed by atoms with Crippen LogP contribution in [0, 0.1) is 5.92 Å². The van der Waals surface area contributed by atoms with Crippen molar-refractivity contribution in [3.63, 3.8) is 0 Å². The van der Waals surface area contributed by atoms with E-state index in [1.54, 1.807) is 6.20 Å². The van der Waals surface area contributed by atoms with Crippen LogP contribution >= 0.6 is 15.9 Å². The maximum atomic E-state index is 12.1. The van der Waals surface area contributed by atoms with E-state index < -0.39 is 5.60 Å². The van der Waals surface area contributed by atoms with Crippen LogP contribution in [0.3, 0.4) is 0 Å². The fourth-order valence-electron chi connectivity index (χ4n) is 4.06. The van der Waals surface area contributed by atoms with Crippen LogP contribution < -0.4 is 10.6 Å². The minimum absolute atomic E-state index is 0.119. The maximum Gasteiger partial charge on any atom is 0.407 e. The van der Waals surface area contributed by atoms with Gasteiger partial charge in [0.2, 0.25) is 0 Å². The summed E-state index contributed by atoms with van der Waals surface area (Å²) in [6.45, 7) is 7.90. The summed E-state index contributed by atoms with van der Waals surface area (Å²) in [5.41, 5.74) is 1.48. The molecule has 2 N–H and O–H groups in total. The van der Waals surface area contributed by atoms with Crippen molar-refractivity contribution in [3.05, 3.63) is 22.4 Å². The zero-order chi connectivity index (χ0) is 20.8. The third-order valence-electron chi connectivity index (χ3n) is 5.75. The Morgan fingerprint density at radius 2 is 2.00 bits per heavy atom. The van der Waals surface area contributed by atoms with Gasteiger partial charge in [-0.25, -0.2) is 9.78 Å². The number of ether oxygens (including phenoxy) is 1. The van der Waals surface area contributed by atoms with Gasteiger partial charge in [0.05, 0.1) is 10.7 Å². The van der Waals surface area contributed by atoms with Crippen molar-refractivity contribution in [2.75, 3.05) is 5.32 Å². The number of alkyl carbamates (subject to hydrolysis) is 1. The first kappa shape index (κ1) is 20.4. The molecule has 29 heavy (non-hydrogen) atoms. The van der Waals surface area contributed by atoms with Crippen LogP contribution in [0.4, 0.5) is 10.6 Å². The SMILES string of the molecule is CC(c1cc(N[C@H]2CC[C@H](NC(=O)OC(C)(C)C)C2)n2ncc(Br)c2n1)C1CC1. The fourth-order valence-corrected chi connectivity index (χ4v) is 4.40. The molecule has 4 rings (SSSR count). The minimum Gasteiger partial charge on any atom is -0.444 e. The van der Waals surface area contributed by atoms with Crippen molar-refractivity contribution in [1.29, 1.82) is 0 Å². The molecule has 2 aliphatic rings. The number of anilines is 1. The minimum atomic E-state index is -0.481. The van der Waals surface area contributed by atoms with Crippen LogP contribution in [-0.4, -0.2) is 38.4 Å². The van der Waals surface area contributed by atoms with Crippen LogP contribution in [0.25, 0.3) is 5.65 Å². The number of aromatic nitrogens is 3. The van der Waals surface area contributed by atoms with Crippen LogP contribution in [0.2, 0.25) is 0 Å². The van der Waals surface area contributed by atoms with Gasteiger partial charge in [-0.05, 0) is 74.7 Å². The number of carbonyl (C=O) groups is 1. The van der Waals surface area contributed by atoms with E-state index in [9.17, 15) is 4.79 Å². The molecular weight excluding hydrogens is 434 g/mol. The Morgan fingerprint density at radius 1 is 1.28 bits per heavy atom. The Morgan fingerprint density at radius 3 is 2.69 bits per heavy atom. The standard InChI is InChI=1S/C21H30BrN5O2/c1-12(13-5-6-13)17-10-18(27-19(26-17)16(22)11-23-27)24-14-7-8-15(9-14)25-20(28)29-21(2,3)4/h10-15,24H,5-9H2,1-4H3,(H,25,28)/t12?,14-,15-/m0/s1. The van der Waals surface area contributed by atoms with Gasteiger partial charge in [-0.15, -0.1) is 0 Å². The molecule has 0 aromatic carbocycles. The first-order chi connectivity index (χ1) is 13.7. The van der Waals surface area contributed by atoms with E-state index in [1.165, 1.54) is 12.8 Å². The quantitative estimate of drug-likeness (QED) is 0.661. The molecular formula is C21H30BrN5O2. The molecule has 3 atom stereocenters. The summed E-state index contributed by atoms with van der Waals surface area (Å²) in [4.78, 5) is 16.9. The number of nitrogens with zero attached hydrogens (tertiary/aromatic N) is 3. The number of amides is 1.